The summed E-state index contributed by atoms with van der Waals surface area (Å²) < 4.78 is 0. The first-order chi connectivity index (χ1) is 13.6. The third kappa shape index (κ3) is 3.90. The topological polar surface area (TPSA) is 77.6 Å². The van der Waals surface area contributed by atoms with Gasteiger partial charge in [-0.1, -0.05) is 0 Å². The molecule has 2 aliphatic rings. The molecule has 3 heterocycles. The number of aromatic nitrogens is 1. The standard InChI is InChI=1S/C21H25N5O2/c1-15(27)16-2-4-18(5-3-16)25-10-12-26(13-11-25)21(28)20-14-19(23-24-20)17-6-8-22-9-7-17/h2-9,19-20,23-24H,10-14H2,1H3. The molecule has 2 atom stereocenters. The predicted octanol–water partition coefficient (Wildman–Crippen LogP) is 1.54. The minimum Gasteiger partial charge on any atom is -0.368 e. The van der Waals surface area contributed by atoms with E-state index in [1.165, 1.54) is 0 Å². The number of piperazine rings is 1. The molecule has 7 nitrogen and oxygen atoms in total. The van der Waals surface area contributed by atoms with Crippen molar-refractivity contribution < 1.29 is 9.59 Å². The Morgan fingerprint density at radius 3 is 2.29 bits per heavy atom. The highest BCUT2D eigenvalue weighted by Gasteiger charge is 2.34. The second-order valence-corrected chi connectivity index (χ2v) is 7.33. The van der Waals surface area contributed by atoms with Crippen LogP contribution in [0, 0.1) is 0 Å². The maximum Gasteiger partial charge on any atom is 0.241 e. The van der Waals surface area contributed by atoms with Crippen molar-refractivity contribution in [1.29, 1.82) is 0 Å². The van der Waals surface area contributed by atoms with E-state index in [0.29, 0.717) is 13.1 Å². The van der Waals surface area contributed by atoms with Crippen molar-refractivity contribution in [3.05, 3.63) is 59.9 Å². The van der Waals surface area contributed by atoms with E-state index in [0.717, 1.165) is 36.3 Å². The third-order valence-corrected chi connectivity index (χ3v) is 5.54. The zero-order chi connectivity index (χ0) is 19.5. The molecule has 2 fully saturated rings. The van der Waals surface area contributed by atoms with Gasteiger partial charge in [-0.3, -0.25) is 14.6 Å². The van der Waals surface area contributed by atoms with Crippen LogP contribution in [0.3, 0.4) is 0 Å². The number of carbonyl (C=O) groups excluding carboxylic acids is 2. The van der Waals surface area contributed by atoms with Crippen LogP contribution in [0.4, 0.5) is 5.69 Å². The number of nitrogens with one attached hydrogen (secondary N) is 2. The Morgan fingerprint density at radius 1 is 0.964 bits per heavy atom. The van der Waals surface area contributed by atoms with E-state index in [4.69, 9.17) is 0 Å². The van der Waals surface area contributed by atoms with Gasteiger partial charge >= 0.3 is 0 Å². The lowest BCUT2D eigenvalue weighted by Crippen LogP contribution is -2.53. The van der Waals surface area contributed by atoms with Crippen LogP contribution >= 0.6 is 0 Å². The van der Waals surface area contributed by atoms with Crippen molar-refractivity contribution >= 4 is 17.4 Å². The molecule has 0 aliphatic carbocycles. The van der Waals surface area contributed by atoms with Gasteiger partial charge in [-0.2, -0.15) is 0 Å². The van der Waals surface area contributed by atoms with Gasteiger partial charge in [-0.15, -0.1) is 0 Å². The summed E-state index contributed by atoms with van der Waals surface area (Å²) in [5.74, 6) is 0.223. The van der Waals surface area contributed by atoms with Crippen molar-refractivity contribution in [3.63, 3.8) is 0 Å². The Labute approximate surface area is 164 Å². The highest BCUT2D eigenvalue weighted by molar-refractivity contribution is 5.94. The first-order valence-corrected chi connectivity index (χ1v) is 9.67. The quantitative estimate of drug-likeness (QED) is 0.785. The molecule has 0 spiro atoms. The molecule has 4 rings (SSSR count). The lowest BCUT2D eigenvalue weighted by Gasteiger charge is -2.37. The largest absolute Gasteiger partial charge is 0.368 e. The number of benzene rings is 1. The van der Waals surface area contributed by atoms with E-state index in [2.05, 4.69) is 20.7 Å². The van der Waals surface area contributed by atoms with Crippen molar-refractivity contribution in [2.75, 3.05) is 31.1 Å². The number of hydrogen-bond acceptors (Lipinski definition) is 6. The van der Waals surface area contributed by atoms with Crippen molar-refractivity contribution in [2.45, 2.75) is 25.4 Å². The van der Waals surface area contributed by atoms with Gasteiger partial charge in [0.25, 0.3) is 0 Å². The maximum absolute atomic E-state index is 12.9. The number of rotatable bonds is 4. The van der Waals surface area contributed by atoms with Crippen LogP contribution in [0.1, 0.15) is 35.3 Å². The summed E-state index contributed by atoms with van der Waals surface area (Å²) in [5, 5.41) is 0. The van der Waals surface area contributed by atoms with Crippen LogP contribution in [-0.4, -0.2) is 53.8 Å². The van der Waals surface area contributed by atoms with Crippen molar-refractivity contribution in [3.8, 4) is 0 Å². The van der Waals surface area contributed by atoms with Gasteiger partial charge in [0.05, 0.1) is 0 Å². The molecule has 0 saturated carbocycles. The molecule has 28 heavy (non-hydrogen) atoms. The highest BCUT2D eigenvalue weighted by atomic mass is 16.2. The number of ketones is 1. The first-order valence-electron chi connectivity index (χ1n) is 9.67. The Morgan fingerprint density at radius 2 is 1.64 bits per heavy atom. The number of hydrogen-bond donors (Lipinski definition) is 2. The maximum atomic E-state index is 12.9. The fourth-order valence-electron chi connectivity index (χ4n) is 3.84. The number of Topliss-reactive ketones (excluding diaryl/α,β-unsaturated/α-hetero) is 1. The molecule has 0 bridgehead atoms. The van der Waals surface area contributed by atoms with E-state index >= 15 is 0 Å². The van der Waals surface area contributed by atoms with E-state index in [1.54, 1.807) is 19.3 Å². The van der Waals surface area contributed by atoms with Gasteiger partial charge in [0.2, 0.25) is 5.91 Å². The number of anilines is 1. The molecule has 2 unspecified atom stereocenters. The van der Waals surface area contributed by atoms with Crippen LogP contribution in [-0.2, 0) is 4.79 Å². The van der Waals surface area contributed by atoms with Crippen molar-refractivity contribution in [1.82, 2.24) is 20.7 Å². The third-order valence-electron chi connectivity index (χ3n) is 5.54. The second-order valence-electron chi connectivity index (χ2n) is 7.33. The van der Waals surface area contributed by atoms with Crippen LogP contribution in [0.2, 0.25) is 0 Å². The summed E-state index contributed by atoms with van der Waals surface area (Å²) in [5.41, 5.74) is 9.34. The lowest BCUT2D eigenvalue weighted by molar-refractivity contribution is -0.133. The SMILES string of the molecule is CC(=O)c1ccc(N2CCN(C(=O)C3CC(c4ccncc4)NN3)CC2)cc1. The Bertz CT molecular complexity index is 832. The predicted molar refractivity (Wildman–Crippen MR) is 107 cm³/mol. The Hall–Kier alpha value is -2.77. The molecule has 146 valence electrons. The smallest absolute Gasteiger partial charge is 0.241 e. The zero-order valence-corrected chi connectivity index (χ0v) is 16.0. The first kappa shape index (κ1) is 18.6. The fraction of sp³-hybridized carbons (Fsp3) is 0.381. The molecule has 1 aromatic heterocycles. The van der Waals surface area contributed by atoms with Crippen LogP contribution < -0.4 is 15.8 Å². The molecular formula is C21H25N5O2. The summed E-state index contributed by atoms with van der Waals surface area (Å²) in [6.07, 6.45) is 4.28. The van der Waals surface area contributed by atoms with Gasteiger partial charge in [-0.25, -0.2) is 10.9 Å². The van der Waals surface area contributed by atoms with E-state index in [-0.39, 0.29) is 23.8 Å². The normalized spacial score (nSPS) is 22.3. The highest BCUT2D eigenvalue weighted by Crippen LogP contribution is 2.23. The molecule has 2 aromatic rings. The molecule has 0 radical (unpaired) electrons. The summed E-state index contributed by atoms with van der Waals surface area (Å²) in [4.78, 5) is 32.6. The Balaban J connectivity index is 1.31. The summed E-state index contributed by atoms with van der Waals surface area (Å²) in [6, 6.07) is 11.6. The molecular weight excluding hydrogens is 354 g/mol. The average molecular weight is 379 g/mol. The summed E-state index contributed by atoms with van der Waals surface area (Å²) in [7, 11) is 0. The minimum atomic E-state index is -0.209. The van der Waals surface area contributed by atoms with Crippen molar-refractivity contribution in [2.24, 2.45) is 0 Å². The van der Waals surface area contributed by atoms with Gasteiger partial charge in [-0.05, 0) is 55.3 Å². The van der Waals surface area contributed by atoms with E-state index in [1.807, 2.05) is 41.3 Å². The molecule has 7 heteroatoms. The Kier molecular flexibility index (Phi) is 5.36. The molecule has 1 aromatic carbocycles. The van der Waals surface area contributed by atoms with E-state index < -0.39 is 0 Å². The van der Waals surface area contributed by atoms with Crippen LogP contribution in [0.15, 0.2) is 48.8 Å². The molecule has 2 saturated heterocycles. The number of hydrazine groups is 1. The monoisotopic (exact) mass is 379 g/mol. The second kappa shape index (κ2) is 8.08. The lowest BCUT2D eigenvalue weighted by atomic mass is 10.0. The minimum absolute atomic E-state index is 0.0738. The number of carbonyl (C=O) groups is 2. The van der Waals surface area contributed by atoms with Gasteiger partial charge < -0.3 is 9.80 Å². The summed E-state index contributed by atoms with van der Waals surface area (Å²) >= 11 is 0. The summed E-state index contributed by atoms with van der Waals surface area (Å²) in [6.45, 7) is 4.56. The van der Waals surface area contributed by atoms with Crippen LogP contribution in [0.25, 0.3) is 0 Å². The number of amides is 1. The van der Waals surface area contributed by atoms with Crippen LogP contribution in [0.5, 0.6) is 0 Å². The molecule has 1 amide bonds. The number of nitrogens with zero attached hydrogens (tertiary/aromatic N) is 3. The molecule has 2 aliphatic heterocycles. The number of pyridine rings is 1. The fourth-order valence-corrected chi connectivity index (χ4v) is 3.84. The van der Waals surface area contributed by atoms with Gasteiger partial charge in [0.1, 0.15) is 6.04 Å². The van der Waals surface area contributed by atoms with E-state index in [9.17, 15) is 9.59 Å². The van der Waals surface area contributed by atoms with Gasteiger partial charge in [0, 0.05) is 55.9 Å². The molecule has 2 N–H and O–H groups in total. The average Bonchev–Trinajstić information content (AvgIpc) is 3.24. The zero-order valence-electron chi connectivity index (χ0n) is 16.0. The van der Waals surface area contributed by atoms with Gasteiger partial charge in [0.15, 0.2) is 5.78 Å².